The fraction of sp³-hybridized carbons (Fsp3) is 0.308. The highest BCUT2D eigenvalue weighted by atomic mass is 16.5. The number of rotatable bonds is 4. The summed E-state index contributed by atoms with van der Waals surface area (Å²) >= 11 is 0. The number of amides is 1. The first-order chi connectivity index (χ1) is 9.45. The van der Waals surface area contributed by atoms with Crippen LogP contribution >= 0.6 is 0 Å². The molecule has 0 radical (unpaired) electrons. The van der Waals surface area contributed by atoms with Crippen LogP contribution in [0.15, 0.2) is 29.1 Å². The van der Waals surface area contributed by atoms with Crippen molar-refractivity contribution in [1.29, 1.82) is 0 Å². The molecule has 2 aromatic rings. The lowest BCUT2D eigenvalue weighted by atomic mass is 10.3. The normalized spacial score (nSPS) is 10.6. The van der Waals surface area contributed by atoms with Crippen molar-refractivity contribution in [2.24, 2.45) is 7.05 Å². The molecule has 1 aromatic heterocycles. The van der Waals surface area contributed by atoms with Crippen molar-refractivity contribution in [1.82, 2.24) is 14.8 Å². The number of aryl methyl sites for hydroxylation is 1. The largest absolute Gasteiger partial charge is 0.491 e. The zero-order valence-corrected chi connectivity index (χ0v) is 11.5. The number of carbonyl (C=O) groups excluding carboxylic acids is 1. The van der Waals surface area contributed by atoms with Crippen LogP contribution in [-0.2, 0) is 7.05 Å². The standard InChI is InChI=1S/C13H16N4O3/c1-8(2)20-10-6-4-9(5-7-10)14-12(18)11-15-13(19)17(3)16-11/h4-8H,1-3H3,(H,14,18)(H,15,16,19). The summed E-state index contributed by atoms with van der Waals surface area (Å²) in [6.45, 7) is 3.88. The molecule has 2 N–H and O–H groups in total. The van der Waals surface area contributed by atoms with Gasteiger partial charge in [0, 0.05) is 12.7 Å². The summed E-state index contributed by atoms with van der Waals surface area (Å²) in [7, 11) is 1.47. The molecule has 2 rings (SSSR count). The van der Waals surface area contributed by atoms with E-state index in [9.17, 15) is 9.59 Å². The SMILES string of the molecule is CC(C)Oc1ccc(NC(=O)c2nn(C)c(=O)[nH]2)cc1. The number of hydrogen-bond acceptors (Lipinski definition) is 4. The Hall–Kier alpha value is -2.57. The van der Waals surface area contributed by atoms with Crippen LogP contribution in [0.25, 0.3) is 0 Å². The van der Waals surface area contributed by atoms with E-state index in [1.54, 1.807) is 24.3 Å². The molecule has 0 saturated heterocycles. The summed E-state index contributed by atoms with van der Waals surface area (Å²) in [5.74, 6) is 0.226. The Kier molecular flexibility index (Phi) is 3.88. The topological polar surface area (TPSA) is 89.0 Å². The second kappa shape index (κ2) is 5.60. The molecule has 1 aromatic carbocycles. The molecule has 106 valence electrons. The summed E-state index contributed by atoms with van der Waals surface area (Å²) in [5, 5.41) is 6.41. The van der Waals surface area contributed by atoms with Crippen LogP contribution in [0.5, 0.6) is 5.75 Å². The first-order valence-electron chi connectivity index (χ1n) is 6.17. The Morgan fingerprint density at radius 1 is 1.35 bits per heavy atom. The Morgan fingerprint density at radius 3 is 2.50 bits per heavy atom. The number of carbonyl (C=O) groups is 1. The van der Waals surface area contributed by atoms with Crippen LogP contribution in [0, 0.1) is 0 Å². The van der Waals surface area contributed by atoms with Crippen molar-refractivity contribution >= 4 is 11.6 Å². The van der Waals surface area contributed by atoms with E-state index < -0.39 is 11.6 Å². The fourth-order valence-electron chi connectivity index (χ4n) is 1.58. The lowest BCUT2D eigenvalue weighted by molar-refractivity contribution is 0.101. The van der Waals surface area contributed by atoms with Crippen molar-refractivity contribution in [2.45, 2.75) is 20.0 Å². The van der Waals surface area contributed by atoms with Crippen LogP contribution in [-0.4, -0.2) is 26.8 Å². The molecule has 20 heavy (non-hydrogen) atoms. The maximum Gasteiger partial charge on any atom is 0.343 e. The number of aromatic amines is 1. The first-order valence-corrected chi connectivity index (χ1v) is 6.17. The van der Waals surface area contributed by atoms with Gasteiger partial charge in [0.15, 0.2) is 0 Å². The number of nitrogens with zero attached hydrogens (tertiary/aromatic N) is 2. The average Bonchev–Trinajstić information content (AvgIpc) is 2.71. The molecule has 0 fully saturated rings. The highest BCUT2D eigenvalue weighted by Crippen LogP contribution is 2.17. The highest BCUT2D eigenvalue weighted by molar-refractivity contribution is 6.01. The summed E-state index contributed by atoms with van der Waals surface area (Å²) in [6, 6.07) is 6.96. The summed E-state index contributed by atoms with van der Waals surface area (Å²) in [6.07, 6.45) is 0.0917. The zero-order valence-electron chi connectivity index (χ0n) is 11.5. The summed E-state index contributed by atoms with van der Waals surface area (Å²) in [5.41, 5.74) is 0.161. The molecule has 0 spiro atoms. The summed E-state index contributed by atoms with van der Waals surface area (Å²) < 4.78 is 6.57. The molecule has 7 heteroatoms. The van der Waals surface area contributed by atoms with Crippen LogP contribution in [0.4, 0.5) is 5.69 Å². The van der Waals surface area contributed by atoms with Crippen molar-refractivity contribution < 1.29 is 9.53 Å². The van der Waals surface area contributed by atoms with E-state index in [1.165, 1.54) is 7.05 Å². The quantitative estimate of drug-likeness (QED) is 0.876. The van der Waals surface area contributed by atoms with Crippen molar-refractivity contribution in [3.8, 4) is 5.75 Å². The first kappa shape index (κ1) is 13.9. The third-order valence-electron chi connectivity index (χ3n) is 2.47. The third kappa shape index (κ3) is 3.25. The minimum Gasteiger partial charge on any atom is -0.491 e. The molecule has 0 atom stereocenters. The number of hydrogen-bond donors (Lipinski definition) is 2. The van der Waals surface area contributed by atoms with Gasteiger partial charge in [-0.25, -0.2) is 9.48 Å². The third-order valence-corrected chi connectivity index (χ3v) is 2.47. The van der Waals surface area contributed by atoms with Crippen molar-refractivity contribution in [2.75, 3.05) is 5.32 Å². The zero-order chi connectivity index (χ0) is 14.7. The Balaban J connectivity index is 2.06. The van der Waals surface area contributed by atoms with E-state index in [1.807, 2.05) is 13.8 Å². The molecular weight excluding hydrogens is 260 g/mol. The number of aromatic nitrogens is 3. The van der Waals surface area contributed by atoms with Crippen LogP contribution < -0.4 is 15.7 Å². The van der Waals surface area contributed by atoms with Gasteiger partial charge in [-0.1, -0.05) is 0 Å². The maximum atomic E-state index is 11.9. The second-order valence-electron chi connectivity index (χ2n) is 4.55. The van der Waals surface area contributed by atoms with Crippen molar-refractivity contribution in [3.05, 3.63) is 40.6 Å². The Morgan fingerprint density at radius 2 is 2.00 bits per heavy atom. The predicted octanol–water partition coefficient (Wildman–Crippen LogP) is 1.15. The molecular formula is C13H16N4O3. The second-order valence-corrected chi connectivity index (χ2v) is 4.55. The molecule has 0 unspecified atom stereocenters. The van der Waals surface area contributed by atoms with Crippen LogP contribution in [0.1, 0.15) is 24.5 Å². The minimum atomic E-state index is -0.472. The van der Waals surface area contributed by atoms with Gasteiger partial charge in [-0.2, -0.15) is 0 Å². The van der Waals surface area contributed by atoms with Gasteiger partial charge in [0.2, 0.25) is 5.82 Å². The maximum absolute atomic E-state index is 11.9. The molecule has 1 heterocycles. The Bertz CT molecular complexity index is 655. The van der Waals surface area contributed by atoms with E-state index in [0.29, 0.717) is 5.69 Å². The van der Waals surface area contributed by atoms with Gasteiger partial charge < -0.3 is 10.1 Å². The van der Waals surface area contributed by atoms with E-state index in [-0.39, 0.29) is 11.9 Å². The molecule has 0 saturated carbocycles. The fourth-order valence-corrected chi connectivity index (χ4v) is 1.58. The van der Waals surface area contributed by atoms with E-state index in [0.717, 1.165) is 10.4 Å². The molecule has 7 nitrogen and oxygen atoms in total. The predicted molar refractivity (Wildman–Crippen MR) is 74.0 cm³/mol. The van der Waals surface area contributed by atoms with Crippen LogP contribution in [0.3, 0.4) is 0 Å². The van der Waals surface area contributed by atoms with Gasteiger partial charge in [0.05, 0.1) is 6.10 Å². The van der Waals surface area contributed by atoms with Gasteiger partial charge in [-0.05, 0) is 38.1 Å². The van der Waals surface area contributed by atoms with Crippen molar-refractivity contribution in [3.63, 3.8) is 0 Å². The number of nitrogens with one attached hydrogen (secondary N) is 2. The van der Waals surface area contributed by atoms with E-state index in [4.69, 9.17) is 4.74 Å². The average molecular weight is 276 g/mol. The van der Waals surface area contributed by atoms with Gasteiger partial charge >= 0.3 is 5.69 Å². The lowest BCUT2D eigenvalue weighted by Gasteiger charge is -2.10. The number of ether oxygens (including phenoxy) is 1. The Labute approximate surface area is 115 Å². The number of benzene rings is 1. The van der Waals surface area contributed by atoms with E-state index >= 15 is 0 Å². The molecule has 0 aliphatic carbocycles. The molecule has 0 aliphatic heterocycles. The van der Waals surface area contributed by atoms with Gasteiger partial charge in [0.1, 0.15) is 5.75 Å². The van der Waals surface area contributed by atoms with Gasteiger partial charge in [0.25, 0.3) is 5.91 Å². The summed E-state index contributed by atoms with van der Waals surface area (Å²) in [4.78, 5) is 25.4. The van der Waals surface area contributed by atoms with Gasteiger partial charge in [-0.3, -0.25) is 9.78 Å². The van der Waals surface area contributed by atoms with E-state index in [2.05, 4.69) is 15.4 Å². The van der Waals surface area contributed by atoms with Gasteiger partial charge in [-0.15, -0.1) is 5.10 Å². The molecule has 0 bridgehead atoms. The minimum absolute atomic E-state index is 0.0278. The molecule has 0 aliphatic rings. The lowest BCUT2D eigenvalue weighted by Crippen LogP contribution is -2.15. The molecule has 1 amide bonds. The van der Waals surface area contributed by atoms with Crippen LogP contribution in [0.2, 0.25) is 0 Å². The highest BCUT2D eigenvalue weighted by Gasteiger charge is 2.11. The number of anilines is 1. The number of H-pyrrole nitrogens is 1. The smallest absolute Gasteiger partial charge is 0.343 e. The monoisotopic (exact) mass is 276 g/mol.